The maximum Gasteiger partial charge on any atom is 0.416 e. The topological polar surface area (TPSA) is 63.2 Å². The molecule has 0 saturated carbocycles. The van der Waals surface area contributed by atoms with E-state index in [2.05, 4.69) is 10.5 Å². The molecule has 0 bridgehead atoms. The summed E-state index contributed by atoms with van der Waals surface area (Å²) < 4.78 is 44.2. The third-order valence-electron chi connectivity index (χ3n) is 5.63. The second-order valence-corrected chi connectivity index (χ2v) is 8.56. The minimum Gasteiger partial charge on any atom is -0.495 e. The fourth-order valence-electron chi connectivity index (χ4n) is 3.81. The van der Waals surface area contributed by atoms with Crippen LogP contribution in [-0.2, 0) is 17.6 Å². The van der Waals surface area contributed by atoms with Gasteiger partial charge in [-0.1, -0.05) is 59.2 Å². The first kappa shape index (κ1) is 25.4. The van der Waals surface area contributed by atoms with E-state index in [4.69, 9.17) is 21.2 Å². The first-order valence-corrected chi connectivity index (χ1v) is 11.4. The highest BCUT2D eigenvalue weighted by molar-refractivity contribution is 6.34. The van der Waals surface area contributed by atoms with Crippen LogP contribution in [0, 0.1) is 0 Å². The molecule has 4 rings (SSSR count). The maximum atomic E-state index is 13.3. The van der Waals surface area contributed by atoms with Crippen molar-refractivity contribution in [2.24, 2.45) is 5.16 Å². The zero-order valence-electron chi connectivity index (χ0n) is 19.3. The third-order valence-corrected chi connectivity index (χ3v) is 5.96. The van der Waals surface area contributed by atoms with Crippen LogP contribution < -0.4 is 10.1 Å². The number of nitrogens with one attached hydrogen (secondary N) is 1. The highest BCUT2D eigenvalue weighted by Crippen LogP contribution is 2.30. The number of urea groups is 1. The lowest BCUT2D eigenvalue weighted by atomic mass is 10.0. The Morgan fingerprint density at radius 2 is 1.81 bits per heavy atom. The number of amides is 2. The molecule has 1 N–H and O–H groups in total. The number of para-hydroxylation sites is 2. The SMILES string of the molecule is COc1ccccc1NC(=O)N(Cc1ccc(C(F)(F)F)cc1)CC1CC(c2ccccc2Cl)=NO1. The number of alkyl halides is 3. The summed E-state index contributed by atoms with van der Waals surface area (Å²) in [7, 11) is 1.49. The summed E-state index contributed by atoms with van der Waals surface area (Å²) in [5.74, 6) is 0.474. The van der Waals surface area contributed by atoms with Gasteiger partial charge in [0.2, 0.25) is 0 Å². The van der Waals surface area contributed by atoms with Gasteiger partial charge in [0, 0.05) is 23.6 Å². The normalized spacial score (nSPS) is 15.1. The molecule has 0 aromatic heterocycles. The van der Waals surface area contributed by atoms with Crippen LogP contribution in [0.3, 0.4) is 0 Å². The molecular weight excluding hydrogens is 495 g/mol. The molecule has 0 aliphatic carbocycles. The van der Waals surface area contributed by atoms with Crippen molar-refractivity contribution >= 4 is 29.0 Å². The van der Waals surface area contributed by atoms with Crippen LogP contribution in [0.5, 0.6) is 5.75 Å². The number of hydrogen-bond acceptors (Lipinski definition) is 4. The lowest BCUT2D eigenvalue weighted by Gasteiger charge is -2.26. The van der Waals surface area contributed by atoms with Crippen molar-refractivity contribution in [3.05, 3.63) is 94.5 Å². The molecule has 1 heterocycles. The number of rotatable bonds is 7. The number of nitrogens with zero attached hydrogens (tertiary/aromatic N) is 2. The highest BCUT2D eigenvalue weighted by atomic mass is 35.5. The number of anilines is 1. The largest absolute Gasteiger partial charge is 0.495 e. The van der Waals surface area contributed by atoms with Crippen LogP contribution in [0.25, 0.3) is 0 Å². The number of oxime groups is 1. The summed E-state index contributed by atoms with van der Waals surface area (Å²) in [4.78, 5) is 20.3. The second kappa shape index (κ2) is 10.9. The molecule has 10 heteroatoms. The Morgan fingerprint density at radius 3 is 2.50 bits per heavy atom. The van der Waals surface area contributed by atoms with E-state index in [1.807, 2.05) is 18.2 Å². The molecule has 2 amide bonds. The number of halogens is 4. The van der Waals surface area contributed by atoms with E-state index in [1.165, 1.54) is 24.1 Å². The van der Waals surface area contributed by atoms with Crippen LogP contribution >= 0.6 is 11.6 Å². The molecule has 0 radical (unpaired) electrons. The molecule has 3 aromatic carbocycles. The van der Waals surface area contributed by atoms with Crippen LogP contribution in [0.4, 0.5) is 23.7 Å². The first-order chi connectivity index (χ1) is 17.2. The third kappa shape index (κ3) is 6.09. The van der Waals surface area contributed by atoms with E-state index >= 15 is 0 Å². The van der Waals surface area contributed by atoms with Gasteiger partial charge in [-0.2, -0.15) is 13.2 Å². The van der Waals surface area contributed by atoms with Crippen LogP contribution in [-0.4, -0.2) is 36.4 Å². The average Bonchev–Trinajstić information content (AvgIpc) is 3.32. The molecule has 3 aromatic rings. The van der Waals surface area contributed by atoms with E-state index in [0.717, 1.165) is 17.7 Å². The molecule has 1 aliphatic rings. The molecule has 0 fully saturated rings. The summed E-state index contributed by atoms with van der Waals surface area (Å²) in [6, 6.07) is 18.4. The predicted octanol–water partition coefficient (Wildman–Crippen LogP) is 6.59. The molecular formula is C26H23ClF3N3O3. The van der Waals surface area contributed by atoms with Crippen molar-refractivity contribution in [2.45, 2.75) is 25.2 Å². The Morgan fingerprint density at radius 1 is 1.11 bits per heavy atom. The Bertz CT molecular complexity index is 1250. The Kier molecular flexibility index (Phi) is 7.69. The molecule has 36 heavy (non-hydrogen) atoms. The van der Waals surface area contributed by atoms with Crippen molar-refractivity contribution < 1.29 is 27.5 Å². The fraction of sp³-hybridized carbons (Fsp3) is 0.231. The minimum absolute atomic E-state index is 0.0560. The molecule has 0 saturated heterocycles. The summed E-state index contributed by atoms with van der Waals surface area (Å²) in [6.45, 7) is 0.194. The van der Waals surface area contributed by atoms with Gasteiger partial charge in [-0.25, -0.2) is 4.79 Å². The van der Waals surface area contributed by atoms with Gasteiger partial charge in [0.05, 0.1) is 30.6 Å². The van der Waals surface area contributed by atoms with Gasteiger partial charge < -0.3 is 19.8 Å². The number of benzene rings is 3. The van der Waals surface area contributed by atoms with Crippen molar-refractivity contribution in [3.8, 4) is 5.75 Å². The predicted molar refractivity (Wildman–Crippen MR) is 131 cm³/mol. The van der Waals surface area contributed by atoms with Gasteiger partial charge in [-0.3, -0.25) is 0 Å². The molecule has 0 spiro atoms. The summed E-state index contributed by atoms with van der Waals surface area (Å²) in [6.07, 6.45) is -4.49. The van der Waals surface area contributed by atoms with Crippen molar-refractivity contribution in [1.29, 1.82) is 0 Å². The number of hydrogen-bond donors (Lipinski definition) is 1. The number of carbonyl (C=O) groups excluding carboxylic acids is 1. The highest BCUT2D eigenvalue weighted by Gasteiger charge is 2.31. The van der Waals surface area contributed by atoms with Crippen LogP contribution in [0.15, 0.2) is 78.0 Å². The second-order valence-electron chi connectivity index (χ2n) is 8.16. The molecule has 6 nitrogen and oxygen atoms in total. The monoisotopic (exact) mass is 517 g/mol. The van der Waals surface area contributed by atoms with Crippen molar-refractivity contribution in [2.75, 3.05) is 19.0 Å². The fourth-order valence-corrected chi connectivity index (χ4v) is 4.05. The lowest BCUT2D eigenvalue weighted by molar-refractivity contribution is -0.137. The lowest BCUT2D eigenvalue weighted by Crippen LogP contribution is -2.40. The van der Waals surface area contributed by atoms with Gasteiger partial charge in [0.15, 0.2) is 6.10 Å². The molecule has 1 aliphatic heterocycles. The zero-order chi connectivity index (χ0) is 25.7. The number of ether oxygens (including phenoxy) is 1. The van der Waals surface area contributed by atoms with E-state index in [-0.39, 0.29) is 13.1 Å². The van der Waals surface area contributed by atoms with E-state index in [0.29, 0.717) is 34.2 Å². The zero-order valence-corrected chi connectivity index (χ0v) is 20.0. The molecule has 1 unspecified atom stereocenters. The minimum atomic E-state index is -4.44. The Balaban J connectivity index is 1.51. The van der Waals surface area contributed by atoms with Gasteiger partial charge in [-0.05, 0) is 35.9 Å². The number of methoxy groups -OCH3 is 1. The average molecular weight is 518 g/mol. The Labute approximate surface area is 211 Å². The first-order valence-electron chi connectivity index (χ1n) is 11.1. The summed E-state index contributed by atoms with van der Waals surface area (Å²) in [5.41, 5.74) is 1.64. The maximum absolute atomic E-state index is 13.3. The quantitative estimate of drug-likeness (QED) is 0.384. The van der Waals surface area contributed by atoms with E-state index < -0.39 is 23.9 Å². The van der Waals surface area contributed by atoms with Crippen molar-refractivity contribution in [1.82, 2.24) is 4.90 Å². The molecule has 1 atom stereocenters. The van der Waals surface area contributed by atoms with Gasteiger partial charge >= 0.3 is 12.2 Å². The van der Waals surface area contributed by atoms with E-state index in [1.54, 1.807) is 30.3 Å². The Hall–Kier alpha value is -3.72. The van der Waals surface area contributed by atoms with Gasteiger partial charge in [0.25, 0.3) is 0 Å². The van der Waals surface area contributed by atoms with Crippen LogP contribution in [0.2, 0.25) is 5.02 Å². The van der Waals surface area contributed by atoms with Crippen LogP contribution in [0.1, 0.15) is 23.1 Å². The summed E-state index contributed by atoms with van der Waals surface area (Å²) >= 11 is 6.28. The number of carbonyl (C=O) groups is 1. The van der Waals surface area contributed by atoms with E-state index in [9.17, 15) is 18.0 Å². The molecule has 188 valence electrons. The smallest absolute Gasteiger partial charge is 0.416 e. The van der Waals surface area contributed by atoms with Gasteiger partial charge in [0.1, 0.15) is 5.75 Å². The standard InChI is InChI=1S/C26H23ClF3N3O3/c1-35-24-9-5-4-8-22(24)31-25(34)33(15-17-10-12-18(13-11-17)26(28,29)30)16-19-14-23(32-36-19)20-6-2-3-7-21(20)27/h2-13,19H,14-16H2,1H3,(H,31,34). The van der Waals surface area contributed by atoms with Crippen molar-refractivity contribution in [3.63, 3.8) is 0 Å². The summed E-state index contributed by atoms with van der Waals surface area (Å²) in [5, 5.41) is 7.50. The van der Waals surface area contributed by atoms with Gasteiger partial charge in [-0.15, -0.1) is 0 Å².